The average molecular weight is 587 g/mol. The van der Waals surface area contributed by atoms with Gasteiger partial charge < -0.3 is 16.0 Å². The summed E-state index contributed by atoms with van der Waals surface area (Å²) in [5.74, 6) is -4.10. The molecule has 5 rings (SSSR count). The fourth-order valence-corrected chi connectivity index (χ4v) is 6.19. The van der Waals surface area contributed by atoms with Gasteiger partial charge in [-0.3, -0.25) is 18.8 Å². The number of carbonyl (C=O) groups excluding carboxylic acids is 2. The van der Waals surface area contributed by atoms with E-state index in [2.05, 4.69) is 31.2 Å². The molecule has 2 aliphatic rings. The van der Waals surface area contributed by atoms with Crippen molar-refractivity contribution in [3.05, 3.63) is 34.1 Å². The first kappa shape index (κ1) is 28.0. The van der Waals surface area contributed by atoms with Crippen molar-refractivity contribution in [2.45, 2.75) is 76.1 Å². The van der Waals surface area contributed by atoms with Crippen LogP contribution in [0.15, 0.2) is 12.4 Å². The number of halogens is 5. The molecule has 40 heavy (non-hydrogen) atoms. The molecule has 1 atom stereocenters. The molecule has 0 radical (unpaired) electrons. The van der Waals surface area contributed by atoms with Crippen molar-refractivity contribution in [2.24, 2.45) is 7.05 Å². The van der Waals surface area contributed by atoms with Crippen LogP contribution in [0.4, 0.5) is 38.7 Å². The topological polar surface area (TPSA) is 119 Å². The van der Waals surface area contributed by atoms with Crippen LogP contribution in [-0.4, -0.2) is 54.5 Å². The first-order valence-electron chi connectivity index (χ1n) is 12.6. The molecular weight excluding hydrogens is 559 g/mol. The van der Waals surface area contributed by atoms with Gasteiger partial charge in [-0.25, -0.2) is 22.0 Å². The highest BCUT2D eigenvalue weighted by atomic mass is 32.1. The molecule has 3 aromatic rings. The van der Waals surface area contributed by atoms with Crippen LogP contribution in [0.1, 0.15) is 71.6 Å². The molecule has 0 unspecified atom stereocenters. The summed E-state index contributed by atoms with van der Waals surface area (Å²) in [7, 11) is 1.51. The second-order valence-corrected chi connectivity index (χ2v) is 11.3. The lowest BCUT2D eigenvalue weighted by molar-refractivity contribution is -0.122. The maximum absolute atomic E-state index is 13.5. The van der Waals surface area contributed by atoms with E-state index < -0.39 is 42.4 Å². The highest BCUT2D eigenvalue weighted by Crippen LogP contribution is 2.42. The first-order chi connectivity index (χ1) is 18.9. The van der Waals surface area contributed by atoms with Gasteiger partial charge in [0.2, 0.25) is 11.9 Å². The zero-order valence-corrected chi connectivity index (χ0v) is 22.4. The Kier molecular flexibility index (Phi) is 7.54. The predicted molar refractivity (Wildman–Crippen MR) is 136 cm³/mol. The molecule has 216 valence electrons. The van der Waals surface area contributed by atoms with E-state index in [-0.39, 0.29) is 47.3 Å². The quantitative estimate of drug-likeness (QED) is 0.313. The van der Waals surface area contributed by atoms with E-state index in [1.807, 2.05) is 0 Å². The Morgan fingerprint density at radius 2 is 2.02 bits per heavy atom. The van der Waals surface area contributed by atoms with Crippen LogP contribution in [0, 0.1) is 0 Å². The zero-order valence-electron chi connectivity index (χ0n) is 21.6. The number of aryl methyl sites for hydroxylation is 2. The normalized spacial score (nSPS) is 20.6. The average Bonchev–Trinajstić information content (AvgIpc) is 3.53. The summed E-state index contributed by atoms with van der Waals surface area (Å²) in [5.41, 5.74) is 0.428. The van der Waals surface area contributed by atoms with E-state index in [1.165, 1.54) is 24.1 Å². The zero-order chi connectivity index (χ0) is 28.8. The van der Waals surface area contributed by atoms with Crippen LogP contribution in [0.25, 0.3) is 0 Å². The molecule has 2 amide bonds. The molecule has 3 aromatic heterocycles. The number of anilines is 3. The number of hydrogen-bond donors (Lipinski definition) is 3. The van der Waals surface area contributed by atoms with E-state index in [1.54, 1.807) is 4.57 Å². The SMILES string of the molecule is Cn1nc(C(F)F)cc1Nc1nncn1[C@H]1CCc2sc(NC(=O)CC(C)(F)F)c(C(=O)NC3CC(F)C3)c2C1. The second-order valence-electron chi connectivity index (χ2n) is 10.2. The van der Waals surface area contributed by atoms with Gasteiger partial charge in [0.05, 0.1) is 12.0 Å². The van der Waals surface area contributed by atoms with Crippen molar-refractivity contribution in [3.8, 4) is 0 Å². The van der Waals surface area contributed by atoms with E-state index >= 15 is 0 Å². The lowest BCUT2D eigenvalue weighted by atomic mass is 9.89. The summed E-state index contributed by atoms with van der Waals surface area (Å²) in [5, 5.41) is 20.2. The number of nitrogens with one attached hydrogen (secondary N) is 3. The Morgan fingerprint density at radius 3 is 2.67 bits per heavy atom. The number of alkyl halides is 5. The van der Waals surface area contributed by atoms with Crippen LogP contribution in [0.3, 0.4) is 0 Å². The smallest absolute Gasteiger partial charge is 0.282 e. The summed E-state index contributed by atoms with van der Waals surface area (Å²) in [6.45, 7) is 0.638. The van der Waals surface area contributed by atoms with Gasteiger partial charge in [-0.05, 0) is 44.6 Å². The van der Waals surface area contributed by atoms with E-state index in [9.17, 15) is 31.5 Å². The van der Waals surface area contributed by atoms with Gasteiger partial charge in [0, 0.05) is 30.1 Å². The molecular formula is C24H27F5N8O2S. The van der Waals surface area contributed by atoms with Gasteiger partial charge in [0.15, 0.2) is 0 Å². The van der Waals surface area contributed by atoms with Gasteiger partial charge in [-0.15, -0.1) is 21.5 Å². The Morgan fingerprint density at radius 1 is 1.27 bits per heavy atom. The summed E-state index contributed by atoms with van der Waals surface area (Å²) in [6.07, 6.45) is -1.49. The number of fused-ring (bicyclic) bond motifs is 1. The van der Waals surface area contributed by atoms with Crippen molar-refractivity contribution in [1.82, 2.24) is 29.9 Å². The van der Waals surface area contributed by atoms with Crippen molar-refractivity contribution < 1.29 is 31.5 Å². The van der Waals surface area contributed by atoms with Crippen LogP contribution in [0.2, 0.25) is 0 Å². The fourth-order valence-electron chi connectivity index (χ4n) is 4.93. The second kappa shape index (κ2) is 10.8. The van der Waals surface area contributed by atoms with Gasteiger partial charge in [-0.1, -0.05) is 0 Å². The van der Waals surface area contributed by atoms with E-state index in [4.69, 9.17) is 0 Å². The lowest BCUT2D eigenvalue weighted by Gasteiger charge is -2.31. The largest absolute Gasteiger partial charge is 0.349 e. The summed E-state index contributed by atoms with van der Waals surface area (Å²) in [6, 6.07) is 0.601. The minimum absolute atomic E-state index is 0.171. The predicted octanol–water partition coefficient (Wildman–Crippen LogP) is 4.70. The van der Waals surface area contributed by atoms with E-state index in [0.717, 1.165) is 16.2 Å². The van der Waals surface area contributed by atoms with Gasteiger partial charge in [0.25, 0.3) is 18.3 Å². The summed E-state index contributed by atoms with van der Waals surface area (Å²) in [4.78, 5) is 26.5. The Balaban J connectivity index is 1.41. The minimum Gasteiger partial charge on any atom is -0.349 e. The Hall–Kier alpha value is -3.56. The lowest BCUT2D eigenvalue weighted by Crippen LogP contribution is -2.45. The van der Waals surface area contributed by atoms with Crippen LogP contribution < -0.4 is 16.0 Å². The molecule has 2 aliphatic carbocycles. The molecule has 3 N–H and O–H groups in total. The van der Waals surface area contributed by atoms with Crippen molar-refractivity contribution in [3.63, 3.8) is 0 Å². The van der Waals surface area contributed by atoms with Crippen molar-refractivity contribution >= 4 is 39.9 Å². The Labute approximate surface area is 229 Å². The van der Waals surface area contributed by atoms with E-state index in [0.29, 0.717) is 31.7 Å². The third-order valence-electron chi connectivity index (χ3n) is 6.93. The standard InChI is InChI=1S/C24H27F5N8O2S/c1-24(28,29)9-18(38)33-22-19(21(39)31-12-5-11(25)6-12)14-7-13(3-4-16(14)40-22)37-10-30-34-23(37)32-17-8-15(20(26)27)35-36(17)2/h8,10-13,20H,3-7,9H2,1-2H3,(H,31,39)(H,32,34)(H,33,38)/t11?,12?,13-/m0/s1. The highest BCUT2D eigenvalue weighted by molar-refractivity contribution is 7.17. The molecule has 1 saturated carbocycles. The molecule has 0 aliphatic heterocycles. The maximum atomic E-state index is 13.5. The fraction of sp³-hybridized carbons (Fsp3) is 0.542. The molecule has 0 bridgehead atoms. The first-order valence-corrected chi connectivity index (χ1v) is 13.5. The van der Waals surface area contributed by atoms with Gasteiger partial charge in [-0.2, -0.15) is 5.10 Å². The number of carbonyl (C=O) groups is 2. The van der Waals surface area contributed by atoms with Crippen LogP contribution >= 0.6 is 11.3 Å². The third-order valence-corrected chi connectivity index (χ3v) is 8.14. The summed E-state index contributed by atoms with van der Waals surface area (Å²) >= 11 is 1.16. The van der Waals surface area contributed by atoms with Gasteiger partial charge >= 0.3 is 0 Å². The number of amides is 2. The maximum Gasteiger partial charge on any atom is 0.282 e. The highest BCUT2D eigenvalue weighted by Gasteiger charge is 2.36. The number of thiophene rings is 1. The van der Waals surface area contributed by atoms with Crippen LogP contribution in [-0.2, 0) is 24.7 Å². The molecule has 0 saturated heterocycles. The number of aromatic nitrogens is 5. The molecule has 0 spiro atoms. The van der Waals surface area contributed by atoms with Crippen LogP contribution in [0.5, 0.6) is 0 Å². The van der Waals surface area contributed by atoms with Gasteiger partial charge in [0.1, 0.15) is 29.0 Å². The molecule has 1 fully saturated rings. The summed E-state index contributed by atoms with van der Waals surface area (Å²) < 4.78 is 69.5. The molecule has 3 heterocycles. The van der Waals surface area contributed by atoms with Crippen molar-refractivity contribution in [2.75, 3.05) is 10.6 Å². The Bertz CT molecular complexity index is 1410. The molecule has 10 nitrogen and oxygen atoms in total. The molecule has 0 aromatic carbocycles. The number of rotatable bonds is 9. The number of hydrogen-bond acceptors (Lipinski definition) is 7. The minimum atomic E-state index is -3.22. The van der Waals surface area contributed by atoms with Crippen molar-refractivity contribution in [1.29, 1.82) is 0 Å². The third kappa shape index (κ3) is 5.95. The molecule has 16 heteroatoms. The number of nitrogens with zero attached hydrogens (tertiary/aromatic N) is 5. The monoisotopic (exact) mass is 586 g/mol.